The minimum absolute atomic E-state index is 0.163. The minimum Gasteiger partial charge on any atom is -0.366 e. The molecule has 0 aliphatic carbocycles. The average Bonchev–Trinajstić information content (AvgIpc) is 2.93. The first kappa shape index (κ1) is 24.6. The number of nitrogens with zero attached hydrogens (tertiary/aromatic N) is 1. The molecule has 1 aliphatic heterocycles. The third-order valence-electron chi connectivity index (χ3n) is 6.60. The Hall–Kier alpha value is -4.09. The van der Waals surface area contributed by atoms with Gasteiger partial charge in [0.1, 0.15) is 0 Å². The fourth-order valence-electron chi connectivity index (χ4n) is 4.67. The van der Waals surface area contributed by atoms with Crippen LogP contribution in [0.1, 0.15) is 37.4 Å². The van der Waals surface area contributed by atoms with E-state index in [1.54, 1.807) is 30.3 Å². The van der Waals surface area contributed by atoms with Crippen molar-refractivity contribution < 1.29 is 9.59 Å². The molecule has 6 heteroatoms. The molecule has 0 bridgehead atoms. The van der Waals surface area contributed by atoms with Crippen molar-refractivity contribution in [3.05, 3.63) is 130 Å². The molecule has 4 aromatic rings. The predicted octanol–water partition coefficient (Wildman–Crippen LogP) is 6.13. The van der Waals surface area contributed by atoms with Gasteiger partial charge >= 0.3 is 0 Å². The molecule has 0 saturated carbocycles. The second-order valence-electron chi connectivity index (χ2n) is 9.13. The molecule has 2 N–H and O–H groups in total. The number of fused-ring (bicyclic) bond motifs is 1. The molecular weight excluding hydrogens is 482 g/mol. The molecular formula is C31H28ClN3O2. The number of hydrogen-bond donors (Lipinski definition) is 2. The Kier molecular flexibility index (Phi) is 7.52. The number of halogens is 1. The van der Waals surface area contributed by atoms with Gasteiger partial charge in [-0.2, -0.15) is 0 Å². The third-order valence-corrected chi connectivity index (χ3v) is 6.83. The molecule has 37 heavy (non-hydrogen) atoms. The zero-order chi connectivity index (χ0) is 25.6. The smallest absolute Gasteiger partial charge is 0.255 e. The van der Waals surface area contributed by atoms with E-state index in [0.29, 0.717) is 28.4 Å². The molecule has 0 fully saturated rings. The number of benzene rings is 4. The van der Waals surface area contributed by atoms with Crippen molar-refractivity contribution in [2.24, 2.45) is 0 Å². The van der Waals surface area contributed by atoms with Crippen LogP contribution in [0.5, 0.6) is 0 Å². The number of nitrogens with one attached hydrogen (secondary N) is 2. The summed E-state index contributed by atoms with van der Waals surface area (Å²) < 4.78 is 0. The highest BCUT2D eigenvalue weighted by molar-refractivity contribution is 6.31. The van der Waals surface area contributed by atoms with Gasteiger partial charge in [-0.1, -0.05) is 72.3 Å². The monoisotopic (exact) mass is 509 g/mol. The number of carbonyl (C=O) groups is 2. The van der Waals surface area contributed by atoms with Crippen LogP contribution in [-0.4, -0.2) is 24.9 Å². The summed E-state index contributed by atoms with van der Waals surface area (Å²) in [5.41, 5.74) is 6.18. The van der Waals surface area contributed by atoms with Crippen LogP contribution < -0.4 is 15.5 Å². The van der Waals surface area contributed by atoms with E-state index in [4.69, 9.17) is 11.6 Å². The van der Waals surface area contributed by atoms with Crippen molar-refractivity contribution in [2.75, 3.05) is 23.3 Å². The van der Waals surface area contributed by atoms with Gasteiger partial charge in [0, 0.05) is 41.6 Å². The maximum atomic E-state index is 13.4. The average molecular weight is 510 g/mol. The number of anilines is 2. The van der Waals surface area contributed by atoms with Crippen molar-refractivity contribution in [1.29, 1.82) is 0 Å². The minimum atomic E-state index is -0.280. The molecule has 1 heterocycles. The zero-order valence-corrected chi connectivity index (χ0v) is 21.2. The molecule has 1 aliphatic rings. The van der Waals surface area contributed by atoms with Gasteiger partial charge in [0.2, 0.25) is 0 Å². The van der Waals surface area contributed by atoms with E-state index in [-0.39, 0.29) is 11.8 Å². The van der Waals surface area contributed by atoms with Crippen LogP contribution in [0.25, 0.3) is 0 Å². The summed E-state index contributed by atoms with van der Waals surface area (Å²) in [7, 11) is 0. The van der Waals surface area contributed by atoms with Gasteiger partial charge in [-0.05, 0) is 65.9 Å². The van der Waals surface area contributed by atoms with E-state index >= 15 is 0 Å². The van der Waals surface area contributed by atoms with Crippen molar-refractivity contribution in [2.45, 2.75) is 19.4 Å². The molecule has 5 rings (SSSR count). The lowest BCUT2D eigenvalue weighted by Crippen LogP contribution is -2.33. The second kappa shape index (κ2) is 11.3. The van der Waals surface area contributed by atoms with Crippen molar-refractivity contribution in [3.8, 4) is 0 Å². The summed E-state index contributed by atoms with van der Waals surface area (Å²) in [4.78, 5) is 28.5. The highest BCUT2D eigenvalue weighted by Gasteiger charge is 2.22. The maximum absolute atomic E-state index is 13.4. The van der Waals surface area contributed by atoms with Crippen LogP contribution in [-0.2, 0) is 19.4 Å². The number of hydrogen-bond acceptors (Lipinski definition) is 3. The molecule has 0 saturated heterocycles. The zero-order valence-electron chi connectivity index (χ0n) is 20.4. The van der Waals surface area contributed by atoms with E-state index in [1.165, 1.54) is 11.1 Å². The number of amides is 2. The Morgan fingerprint density at radius 1 is 0.811 bits per heavy atom. The van der Waals surface area contributed by atoms with Gasteiger partial charge in [-0.3, -0.25) is 9.59 Å². The first-order valence-corrected chi connectivity index (χ1v) is 12.8. The Labute approximate surface area is 222 Å². The summed E-state index contributed by atoms with van der Waals surface area (Å²) in [6.07, 6.45) is 1.66. The lowest BCUT2D eigenvalue weighted by molar-refractivity contribution is 0.0953. The van der Waals surface area contributed by atoms with Gasteiger partial charge in [0.15, 0.2) is 0 Å². The van der Waals surface area contributed by atoms with E-state index in [1.807, 2.05) is 36.4 Å². The molecule has 0 spiro atoms. The normalized spacial score (nSPS) is 12.5. The Balaban J connectivity index is 1.39. The van der Waals surface area contributed by atoms with Gasteiger partial charge in [0.25, 0.3) is 11.8 Å². The molecule has 186 valence electrons. The van der Waals surface area contributed by atoms with Crippen LogP contribution in [0.4, 0.5) is 11.4 Å². The lowest BCUT2D eigenvalue weighted by atomic mass is 9.98. The molecule has 0 unspecified atom stereocenters. The second-order valence-corrected chi connectivity index (χ2v) is 9.56. The topological polar surface area (TPSA) is 61.4 Å². The predicted molar refractivity (Wildman–Crippen MR) is 150 cm³/mol. The fraction of sp³-hybridized carbons (Fsp3) is 0.161. The quantitative estimate of drug-likeness (QED) is 0.315. The van der Waals surface area contributed by atoms with Crippen LogP contribution in [0, 0.1) is 0 Å². The Morgan fingerprint density at radius 3 is 2.41 bits per heavy atom. The Morgan fingerprint density at radius 2 is 1.59 bits per heavy atom. The molecule has 5 nitrogen and oxygen atoms in total. The van der Waals surface area contributed by atoms with Gasteiger partial charge in [0.05, 0.1) is 5.56 Å². The molecule has 0 aromatic heterocycles. The summed E-state index contributed by atoms with van der Waals surface area (Å²) in [6.45, 7) is 2.06. The lowest BCUT2D eigenvalue weighted by Gasteiger charge is -2.32. The number of carbonyl (C=O) groups excluding carboxylic acids is 2. The fourth-order valence-corrected chi connectivity index (χ4v) is 4.86. The van der Waals surface area contributed by atoms with Crippen molar-refractivity contribution >= 4 is 34.8 Å². The molecule has 0 atom stereocenters. The standard InChI is InChI=1S/C31H28ClN3O2/c32-26-12-6-11-24(19-26)30(36)34-27-13-14-29(35-18-16-23-9-4-5-10-25(23)21-35)28(20-27)31(37)33-17-15-22-7-2-1-3-8-22/h1-14,19-20H,15-18,21H2,(H,33,37)(H,34,36). The van der Waals surface area contributed by atoms with Gasteiger partial charge < -0.3 is 15.5 Å². The van der Waals surface area contributed by atoms with Crippen molar-refractivity contribution in [1.82, 2.24) is 5.32 Å². The van der Waals surface area contributed by atoms with Crippen LogP contribution in [0.2, 0.25) is 5.02 Å². The molecule has 0 radical (unpaired) electrons. The molecule has 2 amide bonds. The highest BCUT2D eigenvalue weighted by atomic mass is 35.5. The number of rotatable bonds is 7. The van der Waals surface area contributed by atoms with E-state index in [2.05, 4.69) is 45.9 Å². The van der Waals surface area contributed by atoms with Crippen LogP contribution in [0.15, 0.2) is 97.1 Å². The van der Waals surface area contributed by atoms with Gasteiger partial charge in [-0.15, -0.1) is 0 Å². The van der Waals surface area contributed by atoms with Crippen molar-refractivity contribution in [3.63, 3.8) is 0 Å². The van der Waals surface area contributed by atoms with E-state index < -0.39 is 0 Å². The third kappa shape index (κ3) is 6.01. The first-order valence-electron chi connectivity index (χ1n) is 12.4. The Bertz CT molecular complexity index is 1420. The first-order chi connectivity index (χ1) is 18.1. The highest BCUT2D eigenvalue weighted by Crippen LogP contribution is 2.30. The van der Waals surface area contributed by atoms with Gasteiger partial charge in [-0.25, -0.2) is 0 Å². The largest absolute Gasteiger partial charge is 0.366 e. The maximum Gasteiger partial charge on any atom is 0.255 e. The SMILES string of the molecule is O=C(Nc1ccc(N2CCc3ccccc3C2)c(C(=O)NCCc2ccccc2)c1)c1cccc(Cl)c1. The van der Waals surface area contributed by atoms with E-state index in [9.17, 15) is 9.59 Å². The van der Waals surface area contributed by atoms with Crippen LogP contribution >= 0.6 is 11.6 Å². The van der Waals surface area contributed by atoms with E-state index in [0.717, 1.165) is 37.2 Å². The summed E-state index contributed by atoms with van der Waals surface area (Å²) >= 11 is 6.06. The summed E-state index contributed by atoms with van der Waals surface area (Å²) in [5, 5.41) is 6.47. The summed E-state index contributed by atoms with van der Waals surface area (Å²) in [5.74, 6) is -0.443. The van der Waals surface area contributed by atoms with Crippen LogP contribution in [0.3, 0.4) is 0 Å². The molecule has 4 aromatic carbocycles. The summed E-state index contributed by atoms with van der Waals surface area (Å²) in [6, 6.07) is 30.8.